The number of amides is 1. The van der Waals surface area contributed by atoms with Crippen LogP contribution in [-0.4, -0.2) is 24.9 Å². The number of anilines is 1. The first kappa shape index (κ1) is 15.7. The van der Waals surface area contributed by atoms with Gasteiger partial charge in [-0.05, 0) is 42.8 Å². The molecule has 1 aliphatic heterocycles. The fourth-order valence-corrected chi connectivity index (χ4v) is 2.91. The molecule has 0 unspecified atom stereocenters. The molecule has 0 bridgehead atoms. The van der Waals surface area contributed by atoms with E-state index in [0.717, 1.165) is 10.5 Å². The van der Waals surface area contributed by atoms with E-state index in [9.17, 15) is 9.18 Å². The van der Waals surface area contributed by atoms with Crippen molar-refractivity contribution in [2.24, 2.45) is 0 Å². The Morgan fingerprint density at radius 1 is 1.17 bits per heavy atom. The second-order valence-electron chi connectivity index (χ2n) is 5.13. The number of nitrogens with one attached hydrogen (secondary N) is 1. The van der Waals surface area contributed by atoms with Crippen LogP contribution in [0.25, 0.3) is 0 Å². The number of thioether (sulfide) groups is 1. The SMILES string of the molecule is Cc1ccc(F)c(NC(=O)CSc2ccc3c(c2)OCCO3)c1. The van der Waals surface area contributed by atoms with Crippen LogP contribution in [-0.2, 0) is 4.79 Å². The van der Waals surface area contributed by atoms with Crippen LogP contribution >= 0.6 is 11.8 Å². The highest BCUT2D eigenvalue weighted by molar-refractivity contribution is 8.00. The molecule has 0 radical (unpaired) electrons. The molecular weight excluding hydrogens is 317 g/mol. The smallest absolute Gasteiger partial charge is 0.234 e. The summed E-state index contributed by atoms with van der Waals surface area (Å²) in [5.74, 6) is 0.897. The van der Waals surface area contributed by atoms with Gasteiger partial charge in [-0.1, -0.05) is 6.07 Å². The molecule has 0 spiro atoms. The first-order chi connectivity index (χ1) is 11.1. The molecule has 1 N–H and O–H groups in total. The Hall–Kier alpha value is -2.21. The molecule has 0 aliphatic carbocycles. The zero-order valence-corrected chi connectivity index (χ0v) is 13.4. The van der Waals surface area contributed by atoms with Crippen molar-refractivity contribution in [2.75, 3.05) is 24.3 Å². The average molecular weight is 333 g/mol. The number of benzene rings is 2. The predicted octanol–water partition coefficient (Wildman–Crippen LogP) is 3.64. The van der Waals surface area contributed by atoms with Gasteiger partial charge in [0.2, 0.25) is 5.91 Å². The van der Waals surface area contributed by atoms with E-state index in [4.69, 9.17) is 9.47 Å². The number of fused-ring (bicyclic) bond motifs is 1. The van der Waals surface area contributed by atoms with Crippen LogP contribution < -0.4 is 14.8 Å². The van der Waals surface area contributed by atoms with Gasteiger partial charge >= 0.3 is 0 Å². The largest absolute Gasteiger partial charge is 0.486 e. The molecule has 1 aliphatic rings. The highest BCUT2D eigenvalue weighted by atomic mass is 32.2. The van der Waals surface area contributed by atoms with Gasteiger partial charge in [-0.3, -0.25) is 4.79 Å². The van der Waals surface area contributed by atoms with Crippen LogP contribution in [0.2, 0.25) is 0 Å². The van der Waals surface area contributed by atoms with Crippen LogP contribution in [0.15, 0.2) is 41.3 Å². The second kappa shape index (κ2) is 6.91. The fourth-order valence-electron chi connectivity index (χ4n) is 2.18. The molecule has 2 aromatic carbocycles. The molecule has 23 heavy (non-hydrogen) atoms. The van der Waals surface area contributed by atoms with Crippen molar-refractivity contribution in [3.63, 3.8) is 0 Å². The van der Waals surface area contributed by atoms with E-state index < -0.39 is 5.82 Å². The number of hydrogen-bond donors (Lipinski definition) is 1. The van der Waals surface area contributed by atoms with Crippen molar-refractivity contribution >= 4 is 23.4 Å². The Balaban J connectivity index is 1.59. The number of ether oxygens (including phenoxy) is 2. The molecule has 3 rings (SSSR count). The minimum atomic E-state index is -0.437. The molecule has 0 atom stereocenters. The van der Waals surface area contributed by atoms with Gasteiger partial charge in [-0.2, -0.15) is 0 Å². The van der Waals surface area contributed by atoms with Crippen LogP contribution in [0.4, 0.5) is 10.1 Å². The van der Waals surface area contributed by atoms with Crippen molar-refractivity contribution in [1.29, 1.82) is 0 Å². The number of hydrogen-bond acceptors (Lipinski definition) is 4. The average Bonchev–Trinajstić information content (AvgIpc) is 2.56. The van der Waals surface area contributed by atoms with Crippen molar-refractivity contribution in [3.05, 3.63) is 47.8 Å². The summed E-state index contributed by atoms with van der Waals surface area (Å²) in [6.45, 7) is 2.91. The summed E-state index contributed by atoms with van der Waals surface area (Å²) < 4.78 is 24.6. The third kappa shape index (κ3) is 3.96. The molecular formula is C17H16FNO3S. The Morgan fingerprint density at radius 2 is 1.96 bits per heavy atom. The van der Waals surface area contributed by atoms with Crippen LogP contribution in [0.3, 0.4) is 0 Å². The van der Waals surface area contributed by atoms with Gasteiger partial charge in [-0.15, -0.1) is 11.8 Å². The summed E-state index contributed by atoms with van der Waals surface area (Å²) in [7, 11) is 0. The van der Waals surface area contributed by atoms with Gasteiger partial charge in [-0.25, -0.2) is 4.39 Å². The van der Waals surface area contributed by atoms with Crippen molar-refractivity contribution in [2.45, 2.75) is 11.8 Å². The van der Waals surface area contributed by atoms with Gasteiger partial charge in [0.1, 0.15) is 19.0 Å². The van der Waals surface area contributed by atoms with E-state index in [2.05, 4.69) is 5.32 Å². The zero-order valence-electron chi connectivity index (χ0n) is 12.6. The summed E-state index contributed by atoms with van der Waals surface area (Å²) in [4.78, 5) is 12.9. The number of aryl methyl sites for hydroxylation is 1. The highest BCUT2D eigenvalue weighted by Crippen LogP contribution is 2.34. The first-order valence-electron chi connectivity index (χ1n) is 7.20. The Bertz CT molecular complexity index is 736. The third-order valence-corrected chi connectivity index (χ3v) is 4.27. The van der Waals surface area contributed by atoms with Gasteiger partial charge in [0.15, 0.2) is 11.5 Å². The lowest BCUT2D eigenvalue weighted by atomic mass is 10.2. The normalized spacial score (nSPS) is 12.8. The van der Waals surface area contributed by atoms with E-state index in [1.807, 2.05) is 25.1 Å². The number of halogens is 1. The van der Waals surface area contributed by atoms with Gasteiger partial charge in [0.25, 0.3) is 0 Å². The molecule has 4 nitrogen and oxygen atoms in total. The zero-order chi connectivity index (χ0) is 16.2. The lowest BCUT2D eigenvalue weighted by Crippen LogP contribution is -2.16. The van der Waals surface area contributed by atoms with E-state index in [1.165, 1.54) is 17.8 Å². The standard InChI is InChI=1S/C17H16FNO3S/c1-11-2-4-13(18)14(8-11)19-17(20)10-23-12-3-5-15-16(9-12)22-7-6-21-15/h2-5,8-9H,6-7,10H2,1H3,(H,19,20). The van der Waals surface area contributed by atoms with Crippen LogP contribution in [0, 0.1) is 12.7 Å². The summed E-state index contributed by atoms with van der Waals surface area (Å²) in [6, 6.07) is 10.2. The molecule has 0 fully saturated rings. The number of carbonyl (C=O) groups excluding carboxylic acids is 1. The van der Waals surface area contributed by atoms with Crippen LogP contribution in [0.1, 0.15) is 5.56 Å². The highest BCUT2D eigenvalue weighted by Gasteiger charge is 2.13. The Kier molecular flexibility index (Phi) is 4.71. The molecule has 2 aromatic rings. The monoisotopic (exact) mass is 333 g/mol. The summed E-state index contributed by atoms with van der Waals surface area (Å²) in [5, 5.41) is 2.59. The summed E-state index contributed by atoms with van der Waals surface area (Å²) in [5.41, 5.74) is 1.10. The molecule has 0 aromatic heterocycles. The molecule has 0 saturated carbocycles. The lowest BCUT2D eigenvalue weighted by Gasteiger charge is -2.18. The molecule has 6 heteroatoms. The molecule has 0 saturated heterocycles. The minimum absolute atomic E-state index is 0.188. The third-order valence-electron chi connectivity index (χ3n) is 3.28. The van der Waals surface area contributed by atoms with Crippen molar-refractivity contribution < 1.29 is 18.7 Å². The Labute approximate surface area is 138 Å². The van der Waals surface area contributed by atoms with Gasteiger partial charge in [0, 0.05) is 4.90 Å². The lowest BCUT2D eigenvalue weighted by molar-refractivity contribution is -0.113. The van der Waals surface area contributed by atoms with E-state index in [1.54, 1.807) is 12.1 Å². The first-order valence-corrected chi connectivity index (χ1v) is 8.19. The number of carbonyl (C=O) groups is 1. The summed E-state index contributed by atoms with van der Waals surface area (Å²) in [6.07, 6.45) is 0. The van der Waals surface area contributed by atoms with Gasteiger partial charge < -0.3 is 14.8 Å². The van der Waals surface area contributed by atoms with Crippen molar-refractivity contribution in [3.8, 4) is 11.5 Å². The summed E-state index contributed by atoms with van der Waals surface area (Å²) >= 11 is 1.36. The second-order valence-corrected chi connectivity index (χ2v) is 6.17. The van der Waals surface area contributed by atoms with Crippen LogP contribution in [0.5, 0.6) is 11.5 Å². The van der Waals surface area contributed by atoms with Crippen molar-refractivity contribution in [1.82, 2.24) is 0 Å². The number of rotatable bonds is 4. The fraction of sp³-hybridized carbons (Fsp3) is 0.235. The Morgan fingerprint density at radius 3 is 2.78 bits per heavy atom. The minimum Gasteiger partial charge on any atom is -0.486 e. The quantitative estimate of drug-likeness (QED) is 0.868. The molecule has 1 amide bonds. The van der Waals surface area contributed by atoms with Gasteiger partial charge in [0.05, 0.1) is 11.4 Å². The topological polar surface area (TPSA) is 47.6 Å². The molecule has 1 heterocycles. The maximum atomic E-state index is 13.6. The maximum Gasteiger partial charge on any atom is 0.234 e. The predicted molar refractivity (Wildman–Crippen MR) is 87.9 cm³/mol. The van der Waals surface area contributed by atoms with E-state index in [0.29, 0.717) is 24.7 Å². The maximum absolute atomic E-state index is 13.6. The van der Waals surface area contributed by atoms with E-state index >= 15 is 0 Å². The molecule has 120 valence electrons. The van der Waals surface area contributed by atoms with E-state index in [-0.39, 0.29) is 17.3 Å².